The van der Waals surface area contributed by atoms with E-state index in [1.165, 1.54) is 4.90 Å². The van der Waals surface area contributed by atoms with Gasteiger partial charge in [0.15, 0.2) is 0 Å². The first-order valence-electron chi connectivity index (χ1n) is 10.4. The SMILES string of the molecule is CC(C(=O)NC(C)(C)C)N(Cc1ccc(Cl)cc1Cl)C(=O)CN(c1ccc(Br)cc1)S(C)(=O)=O. The number of halogens is 3. The van der Waals surface area contributed by atoms with Crippen molar-refractivity contribution >= 4 is 66.7 Å². The van der Waals surface area contributed by atoms with E-state index < -0.39 is 34.1 Å². The van der Waals surface area contributed by atoms with Gasteiger partial charge in [-0.2, -0.15) is 0 Å². The Kier molecular flexibility index (Phi) is 9.44. The lowest BCUT2D eigenvalue weighted by atomic mass is 10.1. The second-order valence-electron chi connectivity index (χ2n) is 8.92. The largest absolute Gasteiger partial charge is 0.350 e. The minimum absolute atomic E-state index is 0.00843. The number of nitrogens with one attached hydrogen (secondary N) is 1. The van der Waals surface area contributed by atoms with Crippen LogP contribution in [0.1, 0.15) is 33.3 Å². The number of rotatable bonds is 8. The predicted octanol–water partition coefficient (Wildman–Crippen LogP) is 4.85. The average molecular weight is 593 g/mol. The van der Waals surface area contributed by atoms with Gasteiger partial charge in [-0.1, -0.05) is 45.2 Å². The van der Waals surface area contributed by atoms with E-state index in [2.05, 4.69) is 21.2 Å². The van der Waals surface area contributed by atoms with Crippen LogP contribution < -0.4 is 9.62 Å². The highest BCUT2D eigenvalue weighted by Gasteiger charge is 2.31. The molecule has 0 aliphatic heterocycles. The molecule has 0 saturated carbocycles. The summed E-state index contributed by atoms with van der Waals surface area (Å²) in [6, 6.07) is 10.5. The van der Waals surface area contributed by atoms with E-state index in [0.717, 1.165) is 15.0 Å². The first-order valence-corrected chi connectivity index (χ1v) is 13.8. The molecule has 2 aromatic rings. The summed E-state index contributed by atoms with van der Waals surface area (Å²) in [5, 5.41) is 3.63. The van der Waals surface area contributed by atoms with Gasteiger partial charge in [-0.15, -0.1) is 0 Å². The van der Waals surface area contributed by atoms with Crippen LogP contribution in [0.4, 0.5) is 5.69 Å². The Morgan fingerprint density at radius 1 is 1.09 bits per heavy atom. The molecule has 2 rings (SSSR count). The first-order chi connectivity index (χ1) is 15.6. The number of nitrogens with zero attached hydrogens (tertiary/aromatic N) is 2. The van der Waals surface area contributed by atoms with Crippen molar-refractivity contribution in [2.45, 2.75) is 45.8 Å². The molecular weight excluding hydrogens is 565 g/mol. The molecule has 7 nitrogen and oxygen atoms in total. The van der Waals surface area contributed by atoms with Crippen LogP contribution >= 0.6 is 39.1 Å². The van der Waals surface area contributed by atoms with Gasteiger partial charge in [0.25, 0.3) is 0 Å². The van der Waals surface area contributed by atoms with E-state index in [-0.39, 0.29) is 12.5 Å². The fraction of sp³-hybridized carbons (Fsp3) is 0.391. The monoisotopic (exact) mass is 591 g/mol. The smallest absolute Gasteiger partial charge is 0.244 e. The number of sulfonamides is 1. The van der Waals surface area contributed by atoms with Gasteiger partial charge >= 0.3 is 0 Å². The Labute approximate surface area is 219 Å². The van der Waals surface area contributed by atoms with Gasteiger partial charge in [-0.3, -0.25) is 13.9 Å². The number of carbonyl (C=O) groups is 2. The summed E-state index contributed by atoms with van der Waals surface area (Å²) in [5.74, 6) is -0.934. The number of hydrogen-bond donors (Lipinski definition) is 1. The van der Waals surface area contributed by atoms with Gasteiger partial charge < -0.3 is 10.2 Å². The Balaban J connectivity index is 2.43. The van der Waals surface area contributed by atoms with Gasteiger partial charge in [-0.05, 0) is 69.7 Å². The number of benzene rings is 2. The van der Waals surface area contributed by atoms with E-state index in [4.69, 9.17) is 23.2 Å². The molecule has 34 heavy (non-hydrogen) atoms. The van der Waals surface area contributed by atoms with Crippen LogP contribution in [0.5, 0.6) is 0 Å². The molecule has 0 radical (unpaired) electrons. The summed E-state index contributed by atoms with van der Waals surface area (Å²) in [5.41, 5.74) is 0.383. The van der Waals surface area contributed by atoms with Crippen molar-refractivity contribution < 1.29 is 18.0 Å². The van der Waals surface area contributed by atoms with Crippen molar-refractivity contribution in [2.75, 3.05) is 17.1 Å². The minimum atomic E-state index is -3.79. The van der Waals surface area contributed by atoms with Crippen LogP contribution in [0.15, 0.2) is 46.9 Å². The topological polar surface area (TPSA) is 86.8 Å². The first kappa shape index (κ1) is 28.4. The summed E-state index contributed by atoms with van der Waals surface area (Å²) >= 11 is 15.6. The standard InChI is InChI=1S/C23H28BrCl2N3O4S/c1-15(22(31)27-23(2,3)4)28(13-16-6-9-18(25)12-20(16)26)21(30)14-29(34(5,32)33)19-10-7-17(24)8-11-19/h6-12,15H,13-14H2,1-5H3,(H,27,31). The summed E-state index contributed by atoms with van der Waals surface area (Å²) < 4.78 is 26.9. The molecule has 1 N–H and O–H groups in total. The molecule has 2 amide bonds. The summed E-state index contributed by atoms with van der Waals surface area (Å²) in [4.78, 5) is 27.7. The highest BCUT2D eigenvalue weighted by atomic mass is 79.9. The number of hydrogen-bond acceptors (Lipinski definition) is 4. The lowest BCUT2D eigenvalue weighted by Crippen LogP contribution is -2.54. The quantitative estimate of drug-likeness (QED) is 0.474. The Hall–Kier alpha value is -1.81. The second kappa shape index (κ2) is 11.3. The molecule has 1 unspecified atom stereocenters. The molecule has 2 aromatic carbocycles. The fourth-order valence-corrected chi connectivity index (χ4v) is 4.69. The summed E-state index contributed by atoms with van der Waals surface area (Å²) in [6.07, 6.45) is 1.03. The molecule has 0 bridgehead atoms. The van der Waals surface area contributed by atoms with Gasteiger partial charge in [0.2, 0.25) is 21.8 Å². The highest BCUT2D eigenvalue weighted by molar-refractivity contribution is 9.10. The molecule has 0 saturated heterocycles. The zero-order valence-electron chi connectivity index (χ0n) is 19.6. The van der Waals surface area contributed by atoms with Crippen LogP contribution in [0.2, 0.25) is 10.0 Å². The van der Waals surface area contributed by atoms with E-state index in [0.29, 0.717) is 21.3 Å². The van der Waals surface area contributed by atoms with Crippen molar-refractivity contribution in [1.29, 1.82) is 0 Å². The number of anilines is 1. The highest BCUT2D eigenvalue weighted by Crippen LogP contribution is 2.25. The zero-order valence-corrected chi connectivity index (χ0v) is 23.5. The Bertz CT molecular complexity index is 1150. The van der Waals surface area contributed by atoms with E-state index in [1.807, 2.05) is 20.8 Å². The molecule has 0 fully saturated rings. The van der Waals surface area contributed by atoms with Crippen LogP contribution in [-0.2, 0) is 26.2 Å². The maximum Gasteiger partial charge on any atom is 0.244 e. The molecule has 11 heteroatoms. The zero-order chi connectivity index (χ0) is 25.8. The molecular formula is C23H28BrCl2N3O4S. The maximum atomic E-state index is 13.5. The van der Waals surface area contributed by atoms with Gasteiger partial charge in [-0.25, -0.2) is 8.42 Å². The van der Waals surface area contributed by atoms with Gasteiger partial charge in [0.05, 0.1) is 11.9 Å². The lowest BCUT2D eigenvalue weighted by molar-refractivity contribution is -0.140. The van der Waals surface area contributed by atoms with E-state index in [9.17, 15) is 18.0 Å². The summed E-state index contributed by atoms with van der Waals surface area (Å²) in [6.45, 7) is 6.59. The van der Waals surface area contributed by atoms with E-state index in [1.54, 1.807) is 49.4 Å². The molecule has 0 aromatic heterocycles. The van der Waals surface area contributed by atoms with Crippen LogP contribution in [-0.4, -0.2) is 49.5 Å². The molecule has 0 spiro atoms. The molecule has 1 atom stereocenters. The number of carbonyl (C=O) groups excluding carboxylic acids is 2. The fourth-order valence-electron chi connectivity index (χ4n) is 3.11. The van der Waals surface area contributed by atoms with Gasteiger partial charge in [0.1, 0.15) is 12.6 Å². The van der Waals surface area contributed by atoms with Crippen molar-refractivity contribution in [3.8, 4) is 0 Å². The number of amides is 2. The third kappa shape index (κ3) is 8.15. The molecule has 186 valence electrons. The van der Waals surface area contributed by atoms with E-state index >= 15 is 0 Å². The molecule has 0 aliphatic carbocycles. The predicted molar refractivity (Wildman–Crippen MR) is 141 cm³/mol. The van der Waals surface area contributed by atoms with Crippen LogP contribution in [0, 0.1) is 0 Å². The van der Waals surface area contributed by atoms with Crippen molar-refractivity contribution in [3.05, 3.63) is 62.5 Å². The van der Waals surface area contributed by atoms with Crippen molar-refractivity contribution in [2.24, 2.45) is 0 Å². The summed E-state index contributed by atoms with van der Waals surface area (Å²) in [7, 11) is -3.79. The average Bonchev–Trinajstić information content (AvgIpc) is 2.69. The van der Waals surface area contributed by atoms with Crippen LogP contribution in [0.3, 0.4) is 0 Å². The maximum absolute atomic E-state index is 13.5. The Morgan fingerprint density at radius 3 is 2.18 bits per heavy atom. The van der Waals surface area contributed by atoms with Crippen LogP contribution in [0.25, 0.3) is 0 Å². The third-order valence-corrected chi connectivity index (χ3v) is 7.07. The van der Waals surface area contributed by atoms with Crippen molar-refractivity contribution in [1.82, 2.24) is 10.2 Å². The normalized spacial score (nSPS) is 12.7. The Morgan fingerprint density at radius 2 is 1.68 bits per heavy atom. The minimum Gasteiger partial charge on any atom is -0.350 e. The van der Waals surface area contributed by atoms with Gasteiger partial charge in [0, 0.05) is 26.6 Å². The molecule has 0 heterocycles. The van der Waals surface area contributed by atoms with Crippen molar-refractivity contribution in [3.63, 3.8) is 0 Å². The molecule has 0 aliphatic rings. The lowest BCUT2D eigenvalue weighted by Gasteiger charge is -2.33. The third-order valence-electron chi connectivity index (χ3n) is 4.82. The second-order valence-corrected chi connectivity index (χ2v) is 12.6.